The summed E-state index contributed by atoms with van der Waals surface area (Å²) in [6.07, 6.45) is 6.66. The number of rotatable bonds is 4. The Labute approximate surface area is 124 Å². The lowest BCUT2D eigenvalue weighted by Crippen LogP contribution is -2.17. The number of carbonyl (C=O) groups excluding carboxylic acids is 1. The van der Waals surface area contributed by atoms with Crippen LogP contribution in [0.1, 0.15) is 38.5 Å². The second kappa shape index (κ2) is 6.24. The third-order valence-corrected chi connectivity index (χ3v) is 4.24. The number of amides is 1. The topological polar surface area (TPSA) is 73.6 Å². The van der Waals surface area contributed by atoms with Crippen LogP contribution in [-0.4, -0.2) is 19.1 Å². The van der Waals surface area contributed by atoms with Crippen LogP contribution < -0.4 is 20.5 Å². The monoisotopic (exact) mass is 290 g/mol. The van der Waals surface area contributed by atoms with Crippen molar-refractivity contribution >= 4 is 17.3 Å². The van der Waals surface area contributed by atoms with Gasteiger partial charge in [-0.05, 0) is 12.3 Å². The van der Waals surface area contributed by atoms with Gasteiger partial charge in [0.15, 0.2) is 11.5 Å². The van der Waals surface area contributed by atoms with Gasteiger partial charge in [0.1, 0.15) is 13.2 Å². The van der Waals surface area contributed by atoms with E-state index in [0.717, 1.165) is 6.42 Å². The van der Waals surface area contributed by atoms with Gasteiger partial charge in [-0.25, -0.2) is 0 Å². The Morgan fingerprint density at radius 1 is 1.19 bits per heavy atom. The highest BCUT2D eigenvalue weighted by Gasteiger charge is 2.18. The van der Waals surface area contributed by atoms with Gasteiger partial charge in [0.25, 0.3) is 0 Å². The molecule has 5 heteroatoms. The van der Waals surface area contributed by atoms with E-state index in [-0.39, 0.29) is 5.91 Å². The van der Waals surface area contributed by atoms with E-state index in [9.17, 15) is 4.79 Å². The number of hydrogen-bond donors (Lipinski definition) is 2. The van der Waals surface area contributed by atoms with E-state index in [2.05, 4.69) is 5.32 Å². The Morgan fingerprint density at radius 2 is 1.86 bits per heavy atom. The third kappa shape index (κ3) is 3.40. The molecular weight excluding hydrogens is 268 g/mol. The van der Waals surface area contributed by atoms with E-state index in [1.165, 1.54) is 25.7 Å². The fourth-order valence-corrected chi connectivity index (χ4v) is 3.06. The number of nitrogens with one attached hydrogen (secondary N) is 1. The fourth-order valence-electron chi connectivity index (χ4n) is 3.06. The molecule has 1 aromatic rings. The summed E-state index contributed by atoms with van der Waals surface area (Å²) in [7, 11) is 0. The first-order chi connectivity index (χ1) is 10.2. The number of nitrogen functional groups attached to an aromatic ring is 1. The van der Waals surface area contributed by atoms with Gasteiger partial charge in [0, 0.05) is 18.6 Å². The molecular formula is C16H22N2O3. The van der Waals surface area contributed by atoms with Gasteiger partial charge in [0.05, 0.1) is 11.4 Å². The molecule has 3 N–H and O–H groups in total. The smallest absolute Gasteiger partial charge is 0.224 e. The summed E-state index contributed by atoms with van der Waals surface area (Å²) >= 11 is 0. The number of carbonyl (C=O) groups is 1. The molecule has 0 bridgehead atoms. The summed E-state index contributed by atoms with van der Waals surface area (Å²) in [6, 6.07) is 3.46. The highest BCUT2D eigenvalue weighted by atomic mass is 16.6. The molecule has 1 aliphatic carbocycles. The quantitative estimate of drug-likeness (QED) is 0.836. The minimum absolute atomic E-state index is 0.0188. The molecule has 1 saturated carbocycles. The molecule has 1 aromatic carbocycles. The van der Waals surface area contributed by atoms with E-state index >= 15 is 0 Å². The summed E-state index contributed by atoms with van der Waals surface area (Å²) in [5.74, 6) is 2.02. The average molecular weight is 290 g/mol. The molecule has 0 spiro atoms. The summed E-state index contributed by atoms with van der Waals surface area (Å²) in [5.41, 5.74) is 7.08. The second-order valence-electron chi connectivity index (χ2n) is 5.82. The van der Waals surface area contributed by atoms with Crippen molar-refractivity contribution in [3.05, 3.63) is 12.1 Å². The first-order valence-electron chi connectivity index (χ1n) is 7.71. The molecule has 1 heterocycles. The summed E-state index contributed by atoms with van der Waals surface area (Å²) in [5, 5.41) is 2.88. The number of hydrogen-bond acceptors (Lipinski definition) is 4. The first-order valence-corrected chi connectivity index (χ1v) is 7.71. The number of nitrogens with two attached hydrogens (primary N) is 1. The van der Waals surface area contributed by atoms with Crippen LogP contribution in [0.25, 0.3) is 0 Å². The highest BCUT2D eigenvalue weighted by molar-refractivity contribution is 5.94. The predicted molar refractivity (Wildman–Crippen MR) is 81.7 cm³/mol. The largest absolute Gasteiger partial charge is 0.486 e. The van der Waals surface area contributed by atoms with Gasteiger partial charge in [-0.2, -0.15) is 0 Å². The van der Waals surface area contributed by atoms with Crippen molar-refractivity contribution in [1.82, 2.24) is 0 Å². The van der Waals surface area contributed by atoms with Crippen molar-refractivity contribution in [2.24, 2.45) is 5.92 Å². The molecule has 114 valence electrons. The lowest BCUT2D eigenvalue weighted by atomic mass is 10.0. The van der Waals surface area contributed by atoms with Crippen LogP contribution in [0, 0.1) is 5.92 Å². The summed E-state index contributed by atoms with van der Waals surface area (Å²) < 4.78 is 11.0. The van der Waals surface area contributed by atoms with Gasteiger partial charge >= 0.3 is 0 Å². The van der Waals surface area contributed by atoms with Gasteiger partial charge in [-0.15, -0.1) is 0 Å². The van der Waals surface area contributed by atoms with Crippen LogP contribution in [-0.2, 0) is 4.79 Å². The fraction of sp³-hybridized carbons (Fsp3) is 0.562. The Hall–Kier alpha value is -1.91. The van der Waals surface area contributed by atoms with E-state index in [0.29, 0.717) is 48.4 Å². The first kappa shape index (κ1) is 14.0. The van der Waals surface area contributed by atoms with E-state index < -0.39 is 0 Å². The molecule has 21 heavy (non-hydrogen) atoms. The Balaban J connectivity index is 1.59. The summed E-state index contributed by atoms with van der Waals surface area (Å²) in [4.78, 5) is 12.1. The maximum Gasteiger partial charge on any atom is 0.224 e. The molecule has 3 rings (SSSR count). The zero-order valence-corrected chi connectivity index (χ0v) is 12.2. The number of fused-ring (bicyclic) bond motifs is 1. The van der Waals surface area contributed by atoms with Crippen LogP contribution in [0.5, 0.6) is 11.5 Å². The van der Waals surface area contributed by atoms with E-state index in [1.807, 2.05) is 0 Å². The standard InChI is InChI=1S/C16H22N2O3/c17-12-9-14-15(21-8-7-20-14)10-13(12)18-16(19)6-5-11-3-1-2-4-11/h9-11H,1-8,17H2,(H,18,19). The predicted octanol–water partition coefficient (Wildman–Crippen LogP) is 2.95. The van der Waals surface area contributed by atoms with Crippen LogP contribution in [0.2, 0.25) is 0 Å². The minimum atomic E-state index is 0.0188. The highest BCUT2D eigenvalue weighted by Crippen LogP contribution is 2.37. The maximum absolute atomic E-state index is 12.1. The molecule has 0 aromatic heterocycles. The Morgan fingerprint density at radius 3 is 2.57 bits per heavy atom. The van der Waals surface area contributed by atoms with Crippen LogP contribution >= 0.6 is 0 Å². The van der Waals surface area contributed by atoms with Crippen molar-refractivity contribution in [3.8, 4) is 11.5 Å². The molecule has 0 radical (unpaired) electrons. The zero-order valence-electron chi connectivity index (χ0n) is 12.2. The van der Waals surface area contributed by atoms with Crippen LogP contribution in [0.4, 0.5) is 11.4 Å². The maximum atomic E-state index is 12.1. The van der Waals surface area contributed by atoms with Crippen molar-refractivity contribution < 1.29 is 14.3 Å². The Kier molecular flexibility index (Phi) is 4.18. The lowest BCUT2D eigenvalue weighted by Gasteiger charge is -2.20. The molecule has 0 saturated heterocycles. The van der Waals surface area contributed by atoms with Crippen LogP contribution in [0.3, 0.4) is 0 Å². The van der Waals surface area contributed by atoms with Gasteiger partial charge in [-0.1, -0.05) is 25.7 Å². The van der Waals surface area contributed by atoms with Crippen molar-refractivity contribution in [1.29, 1.82) is 0 Å². The lowest BCUT2D eigenvalue weighted by molar-refractivity contribution is -0.116. The SMILES string of the molecule is Nc1cc2c(cc1NC(=O)CCC1CCCC1)OCCO2. The van der Waals surface area contributed by atoms with Gasteiger partial charge in [0.2, 0.25) is 5.91 Å². The second-order valence-corrected chi connectivity index (χ2v) is 5.82. The molecule has 0 atom stereocenters. The van der Waals surface area contributed by atoms with E-state index in [1.54, 1.807) is 12.1 Å². The van der Waals surface area contributed by atoms with Crippen molar-refractivity contribution in [2.75, 3.05) is 24.3 Å². The number of anilines is 2. The summed E-state index contributed by atoms with van der Waals surface area (Å²) in [6.45, 7) is 1.05. The van der Waals surface area contributed by atoms with Crippen molar-refractivity contribution in [3.63, 3.8) is 0 Å². The molecule has 2 aliphatic rings. The molecule has 1 aliphatic heterocycles. The van der Waals surface area contributed by atoms with E-state index in [4.69, 9.17) is 15.2 Å². The number of benzene rings is 1. The number of ether oxygens (including phenoxy) is 2. The van der Waals surface area contributed by atoms with Crippen LogP contribution in [0.15, 0.2) is 12.1 Å². The van der Waals surface area contributed by atoms with Gasteiger partial charge < -0.3 is 20.5 Å². The van der Waals surface area contributed by atoms with Gasteiger partial charge in [-0.3, -0.25) is 4.79 Å². The zero-order chi connectivity index (χ0) is 14.7. The molecule has 5 nitrogen and oxygen atoms in total. The average Bonchev–Trinajstić information content (AvgIpc) is 2.99. The minimum Gasteiger partial charge on any atom is -0.486 e. The normalized spacial score (nSPS) is 17.7. The molecule has 0 unspecified atom stereocenters. The third-order valence-electron chi connectivity index (χ3n) is 4.24. The molecule has 1 amide bonds. The Bertz CT molecular complexity index is 524. The molecule has 1 fully saturated rings. The van der Waals surface area contributed by atoms with Crippen molar-refractivity contribution in [2.45, 2.75) is 38.5 Å².